The van der Waals surface area contributed by atoms with Gasteiger partial charge in [0.05, 0.1) is 12.0 Å². The molecule has 2 unspecified atom stereocenters. The highest BCUT2D eigenvalue weighted by molar-refractivity contribution is 5.03. The van der Waals surface area contributed by atoms with E-state index in [1.807, 2.05) is 19.4 Å². The van der Waals surface area contributed by atoms with Gasteiger partial charge in [-0.3, -0.25) is 0 Å². The molecular formula is C12H22N4. The monoisotopic (exact) mass is 222 g/mol. The van der Waals surface area contributed by atoms with Gasteiger partial charge in [-0.25, -0.2) is 4.98 Å². The van der Waals surface area contributed by atoms with E-state index in [0.717, 1.165) is 18.2 Å². The second-order valence-corrected chi connectivity index (χ2v) is 5.03. The second kappa shape index (κ2) is 4.97. The smallest absolute Gasteiger partial charge is 0.0948 e. The molecule has 0 saturated carbocycles. The van der Waals surface area contributed by atoms with Crippen LogP contribution in [0.4, 0.5) is 0 Å². The summed E-state index contributed by atoms with van der Waals surface area (Å²) in [5.74, 6) is 0.741. The average molecular weight is 222 g/mol. The van der Waals surface area contributed by atoms with Gasteiger partial charge >= 0.3 is 0 Å². The van der Waals surface area contributed by atoms with E-state index < -0.39 is 0 Å². The zero-order chi connectivity index (χ0) is 11.5. The molecule has 90 valence electrons. The highest BCUT2D eigenvalue weighted by atomic mass is 15.1. The molecule has 0 aliphatic carbocycles. The zero-order valence-electron chi connectivity index (χ0n) is 10.3. The predicted octanol–water partition coefficient (Wildman–Crippen LogP) is 1.24. The fourth-order valence-corrected chi connectivity index (χ4v) is 2.56. The number of imidazole rings is 1. The van der Waals surface area contributed by atoms with Gasteiger partial charge in [0.1, 0.15) is 0 Å². The summed E-state index contributed by atoms with van der Waals surface area (Å²) in [5.41, 5.74) is 7.07. The minimum absolute atomic E-state index is 0.0730. The maximum Gasteiger partial charge on any atom is 0.0948 e. The van der Waals surface area contributed by atoms with E-state index in [0.29, 0.717) is 0 Å². The van der Waals surface area contributed by atoms with Crippen molar-refractivity contribution in [3.05, 3.63) is 18.2 Å². The zero-order valence-corrected chi connectivity index (χ0v) is 10.3. The first kappa shape index (κ1) is 11.6. The maximum atomic E-state index is 5.92. The minimum atomic E-state index is 0.0730. The molecule has 1 fully saturated rings. The highest BCUT2D eigenvalue weighted by Gasteiger charge is 2.18. The lowest BCUT2D eigenvalue weighted by Crippen LogP contribution is -2.34. The van der Waals surface area contributed by atoms with Gasteiger partial charge in [-0.1, -0.05) is 0 Å². The summed E-state index contributed by atoms with van der Waals surface area (Å²) in [5, 5.41) is 0. The van der Waals surface area contributed by atoms with Crippen molar-refractivity contribution in [2.24, 2.45) is 11.7 Å². The summed E-state index contributed by atoms with van der Waals surface area (Å²) in [6.45, 7) is 5.50. The van der Waals surface area contributed by atoms with Crippen LogP contribution in [0.2, 0.25) is 0 Å². The number of hydrogen-bond donors (Lipinski definition) is 1. The summed E-state index contributed by atoms with van der Waals surface area (Å²) in [4.78, 5) is 6.61. The predicted molar refractivity (Wildman–Crippen MR) is 65.1 cm³/mol. The third-order valence-corrected chi connectivity index (χ3v) is 3.39. The lowest BCUT2D eigenvalue weighted by atomic mass is 9.98. The Morgan fingerprint density at radius 1 is 1.62 bits per heavy atom. The Morgan fingerprint density at radius 3 is 3.12 bits per heavy atom. The Balaban J connectivity index is 2.00. The molecule has 2 N–H and O–H groups in total. The molecule has 2 heterocycles. The summed E-state index contributed by atoms with van der Waals surface area (Å²) >= 11 is 0. The lowest BCUT2D eigenvalue weighted by Gasteiger charge is -2.30. The molecule has 16 heavy (non-hydrogen) atoms. The van der Waals surface area contributed by atoms with Crippen LogP contribution in [0, 0.1) is 5.92 Å². The van der Waals surface area contributed by atoms with Gasteiger partial charge in [0.25, 0.3) is 0 Å². The topological polar surface area (TPSA) is 47.1 Å². The van der Waals surface area contributed by atoms with Crippen LogP contribution in [-0.2, 0) is 6.54 Å². The Hall–Kier alpha value is -0.870. The molecule has 1 aromatic heterocycles. The normalized spacial score (nSPS) is 24.6. The largest absolute Gasteiger partial charge is 0.333 e. The molecule has 0 aromatic carbocycles. The van der Waals surface area contributed by atoms with E-state index in [9.17, 15) is 0 Å². The van der Waals surface area contributed by atoms with E-state index in [1.54, 1.807) is 0 Å². The summed E-state index contributed by atoms with van der Waals surface area (Å²) in [7, 11) is 2.20. The van der Waals surface area contributed by atoms with Crippen molar-refractivity contribution in [3.8, 4) is 0 Å². The van der Waals surface area contributed by atoms with Gasteiger partial charge in [0.2, 0.25) is 0 Å². The van der Waals surface area contributed by atoms with Crippen molar-refractivity contribution in [1.29, 1.82) is 0 Å². The van der Waals surface area contributed by atoms with Gasteiger partial charge in [0, 0.05) is 25.3 Å². The minimum Gasteiger partial charge on any atom is -0.333 e. The Bertz CT molecular complexity index is 332. The number of nitrogens with two attached hydrogens (primary N) is 1. The first-order valence-corrected chi connectivity index (χ1v) is 6.11. The fourth-order valence-electron chi connectivity index (χ4n) is 2.56. The molecule has 4 nitrogen and oxygen atoms in total. The molecule has 1 aliphatic heterocycles. The van der Waals surface area contributed by atoms with Crippen molar-refractivity contribution >= 4 is 0 Å². The van der Waals surface area contributed by atoms with Crippen molar-refractivity contribution in [3.63, 3.8) is 0 Å². The maximum absolute atomic E-state index is 5.92. The molecule has 0 spiro atoms. The third kappa shape index (κ3) is 2.62. The molecule has 1 aliphatic rings. The second-order valence-electron chi connectivity index (χ2n) is 5.03. The highest BCUT2D eigenvalue weighted by Crippen LogP contribution is 2.19. The number of nitrogens with zero attached hydrogens (tertiary/aromatic N) is 3. The van der Waals surface area contributed by atoms with Crippen LogP contribution >= 0.6 is 0 Å². The Labute approximate surface area is 97.4 Å². The van der Waals surface area contributed by atoms with Crippen LogP contribution in [-0.4, -0.2) is 34.6 Å². The Morgan fingerprint density at radius 2 is 2.44 bits per heavy atom. The summed E-state index contributed by atoms with van der Waals surface area (Å²) in [6.07, 6.45) is 6.43. The molecule has 0 bridgehead atoms. The van der Waals surface area contributed by atoms with Gasteiger partial charge in [-0.2, -0.15) is 0 Å². The van der Waals surface area contributed by atoms with E-state index in [4.69, 9.17) is 5.73 Å². The molecule has 2 rings (SSSR count). The van der Waals surface area contributed by atoms with E-state index in [1.165, 1.54) is 25.9 Å². The average Bonchev–Trinajstić information content (AvgIpc) is 2.66. The van der Waals surface area contributed by atoms with Crippen molar-refractivity contribution < 1.29 is 0 Å². The number of likely N-dealkylation sites (tertiary alicyclic amines) is 1. The molecule has 0 amide bonds. The van der Waals surface area contributed by atoms with Crippen LogP contribution in [0.3, 0.4) is 0 Å². The van der Waals surface area contributed by atoms with Gasteiger partial charge < -0.3 is 15.2 Å². The van der Waals surface area contributed by atoms with Crippen LogP contribution in [0.25, 0.3) is 0 Å². The number of aromatic nitrogens is 2. The first-order valence-electron chi connectivity index (χ1n) is 6.11. The van der Waals surface area contributed by atoms with Crippen LogP contribution in [0.5, 0.6) is 0 Å². The number of rotatable bonds is 3. The van der Waals surface area contributed by atoms with Crippen molar-refractivity contribution in [2.75, 3.05) is 20.1 Å². The molecule has 4 heteroatoms. The van der Waals surface area contributed by atoms with Crippen LogP contribution < -0.4 is 5.73 Å². The first-order chi connectivity index (χ1) is 7.66. The standard InChI is InChI=1S/C12H22N4/c1-10(13)12-6-14-9-16(12)8-11-4-3-5-15(2)7-11/h6,9-11H,3-5,7-8,13H2,1-2H3. The number of hydrogen-bond acceptors (Lipinski definition) is 3. The van der Waals surface area contributed by atoms with E-state index >= 15 is 0 Å². The quantitative estimate of drug-likeness (QED) is 0.837. The van der Waals surface area contributed by atoms with E-state index in [2.05, 4.69) is 21.5 Å². The van der Waals surface area contributed by atoms with Crippen LogP contribution in [0.15, 0.2) is 12.5 Å². The molecule has 2 atom stereocenters. The number of piperidine rings is 1. The van der Waals surface area contributed by atoms with Gasteiger partial charge in [-0.05, 0) is 39.3 Å². The van der Waals surface area contributed by atoms with Gasteiger partial charge in [-0.15, -0.1) is 0 Å². The summed E-state index contributed by atoms with van der Waals surface area (Å²) < 4.78 is 2.22. The SMILES string of the molecule is CC(N)c1cncn1CC1CCCN(C)C1. The molecular weight excluding hydrogens is 200 g/mol. The molecule has 1 aromatic rings. The van der Waals surface area contributed by atoms with Crippen molar-refractivity contribution in [1.82, 2.24) is 14.5 Å². The van der Waals surface area contributed by atoms with E-state index in [-0.39, 0.29) is 6.04 Å². The molecule has 0 radical (unpaired) electrons. The molecule has 1 saturated heterocycles. The summed E-state index contributed by atoms with van der Waals surface area (Å²) in [6, 6.07) is 0.0730. The third-order valence-electron chi connectivity index (χ3n) is 3.39. The Kier molecular flexibility index (Phi) is 3.61. The fraction of sp³-hybridized carbons (Fsp3) is 0.750. The van der Waals surface area contributed by atoms with Crippen molar-refractivity contribution in [2.45, 2.75) is 32.4 Å². The van der Waals surface area contributed by atoms with Crippen LogP contribution in [0.1, 0.15) is 31.5 Å². The van der Waals surface area contributed by atoms with Gasteiger partial charge in [0.15, 0.2) is 0 Å². The lowest BCUT2D eigenvalue weighted by molar-refractivity contribution is 0.193.